The molecule has 1 N–H and O–H groups in total. The van der Waals surface area contributed by atoms with E-state index in [1.165, 1.54) is 0 Å². The number of hydrogen-bond donors (Lipinski definition) is 1. The second-order valence-electron chi connectivity index (χ2n) is 4.36. The van der Waals surface area contributed by atoms with Gasteiger partial charge < -0.3 is 10.0 Å². The Morgan fingerprint density at radius 1 is 1.47 bits per heavy atom. The minimum atomic E-state index is -0.0113. The molecule has 1 rings (SSSR count). The standard InChI is InChI=1S/C14H20N2O/c1-4-16(9-12(3)8-15)14-6-5-11(2)7-13(14)10-17/h5-7,12,17H,4,9-10H2,1-3H3. The topological polar surface area (TPSA) is 47.3 Å². The van der Waals surface area contributed by atoms with Gasteiger partial charge in [-0.2, -0.15) is 5.26 Å². The number of hydrogen-bond acceptors (Lipinski definition) is 3. The first kappa shape index (κ1) is 13.5. The molecule has 0 fully saturated rings. The van der Waals surface area contributed by atoms with Crippen LogP contribution in [-0.2, 0) is 6.61 Å². The van der Waals surface area contributed by atoms with Gasteiger partial charge in [0.2, 0.25) is 0 Å². The summed E-state index contributed by atoms with van der Waals surface area (Å²) in [5.41, 5.74) is 3.10. The van der Waals surface area contributed by atoms with Crippen LogP contribution in [0.5, 0.6) is 0 Å². The lowest BCUT2D eigenvalue weighted by atomic mass is 10.1. The molecule has 0 amide bonds. The van der Waals surface area contributed by atoms with Gasteiger partial charge in [-0.25, -0.2) is 0 Å². The molecular weight excluding hydrogens is 212 g/mol. The molecule has 0 aliphatic rings. The fraction of sp³-hybridized carbons (Fsp3) is 0.500. The van der Waals surface area contributed by atoms with Gasteiger partial charge in [0.15, 0.2) is 0 Å². The maximum Gasteiger partial charge on any atom is 0.0702 e. The van der Waals surface area contributed by atoms with E-state index in [9.17, 15) is 5.11 Å². The van der Waals surface area contributed by atoms with Crippen molar-refractivity contribution in [3.05, 3.63) is 29.3 Å². The Kier molecular flexibility index (Phi) is 4.99. The highest BCUT2D eigenvalue weighted by Gasteiger charge is 2.12. The average Bonchev–Trinajstić information content (AvgIpc) is 2.35. The first-order valence-corrected chi connectivity index (χ1v) is 5.97. The molecule has 1 atom stereocenters. The third kappa shape index (κ3) is 3.47. The number of anilines is 1. The Morgan fingerprint density at radius 3 is 2.71 bits per heavy atom. The summed E-state index contributed by atoms with van der Waals surface area (Å²) in [5.74, 6) is -0.0113. The van der Waals surface area contributed by atoms with Crippen molar-refractivity contribution in [2.75, 3.05) is 18.0 Å². The fourth-order valence-electron chi connectivity index (χ4n) is 1.92. The first-order valence-electron chi connectivity index (χ1n) is 5.97. The molecule has 1 aromatic rings. The van der Waals surface area contributed by atoms with Crippen molar-refractivity contribution >= 4 is 5.69 Å². The smallest absolute Gasteiger partial charge is 0.0702 e. The van der Waals surface area contributed by atoms with Crippen molar-refractivity contribution in [3.63, 3.8) is 0 Å². The maximum absolute atomic E-state index is 9.39. The molecule has 3 nitrogen and oxygen atoms in total. The Hall–Kier alpha value is -1.53. The molecule has 1 aromatic carbocycles. The van der Waals surface area contributed by atoms with E-state index in [2.05, 4.69) is 17.9 Å². The van der Waals surface area contributed by atoms with Crippen LogP contribution >= 0.6 is 0 Å². The first-order chi connectivity index (χ1) is 8.12. The van der Waals surface area contributed by atoms with Crippen molar-refractivity contribution in [2.24, 2.45) is 5.92 Å². The highest BCUT2D eigenvalue weighted by atomic mass is 16.3. The van der Waals surface area contributed by atoms with Gasteiger partial charge in [-0.3, -0.25) is 0 Å². The van der Waals surface area contributed by atoms with Crippen LogP contribution in [0.15, 0.2) is 18.2 Å². The fourth-order valence-corrected chi connectivity index (χ4v) is 1.92. The van der Waals surface area contributed by atoms with Crippen molar-refractivity contribution < 1.29 is 5.11 Å². The molecule has 0 bridgehead atoms. The molecule has 0 saturated heterocycles. The summed E-state index contributed by atoms with van der Waals surface area (Å²) in [6.45, 7) is 7.55. The largest absolute Gasteiger partial charge is 0.392 e. The second-order valence-corrected chi connectivity index (χ2v) is 4.36. The van der Waals surface area contributed by atoms with E-state index in [-0.39, 0.29) is 12.5 Å². The summed E-state index contributed by atoms with van der Waals surface area (Å²) in [7, 11) is 0. The summed E-state index contributed by atoms with van der Waals surface area (Å²) in [5, 5.41) is 18.3. The van der Waals surface area contributed by atoms with Gasteiger partial charge in [0, 0.05) is 24.3 Å². The van der Waals surface area contributed by atoms with E-state index in [1.807, 2.05) is 32.0 Å². The van der Waals surface area contributed by atoms with Gasteiger partial charge in [0.05, 0.1) is 18.6 Å². The van der Waals surface area contributed by atoms with Crippen molar-refractivity contribution in [2.45, 2.75) is 27.4 Å². The highest BCUT2D eigenvalue weighted by Crippen LogP contribution is 2.22. The van der Waals surface area contributed by atoms with E-state index < -0.39 is 0 Å². The number of aliphatic hydroxyl groups excluding tert-OH is 1. The van der Waals surface area contributed by atoms with Crippen LogP contribution in [0.1, 0.15) is 25.0 Å². The SMILES string of the molecule is CCN(CC(C)C#N)c1ccc(C)cc1CO. The lowest BCUT2D eigenvalue weighted by Gasteiger charge is -2.26. The normalized spacial score (nSPS) is 11.9. The van der Waals surface area contributed by atoms with Crippen LogP contribution in [0.4, 0.5) is 5.69 Å². The Morgan fingerprint density at radius 2 is 2.18 bits per heavy atom. The summed E-state index contributed by atoms with van der Waals surface area (Å²) in [6.07, 6.45) is 0. The van der Waals surface area contributed by atoms with Gasteiger partial charge in [-0.1, -0.05) is 17.7 Å². The number of benzene rings is 1. The molecule has 0 heterocycles. The van der Waals surface area contributed by atoms with Crippen molar-refractivity contribution in [3.8, 4) is 6.07 Å². The molecule has 3 heteroatoms. The molecule has 0 aromatic heterocycles. The Balaban J connectivity index is 2.99. The molecule has 0 aliphatic heterocycles. The highest BCUT2D eigenvalue weighted by molar-refractivity contribution is 5.54. The van der Waals surface area contributed by atoms with Crippen LogP contribution in [0.25, 0.3) is 0 Å². The van der Waals surface area contributed by atoms with E-state index in [1.54, 1.807) is 0 Å². The van der Waals surface area contributed by atoms with Crippen LogP contribution in [0.2, 0.25) is 0 Å². The van der Waals surface area contributed by atoms with Crippen LogP contribution in [0, 0.1) is 24.2 Å². The zero-order valence-corrected chi connectivity index (χ0v) is 10.8. The summed E-state index contributed by atoms with van der Waals surface area (Å²) in [6, 6.07) is 8.30. The van der Waals surface area contributed by atoms with Gasteiger partial charge >= 0.3 is 0 Å². The number of nitrogens with zero attached hydrogens (tertiary/aromatic N) is 2. The van der Waals surface area contributed by atoms with E-state index in [0.717, 1.165) is 23.4 Å². The molecule has 1 unspecified atom stereocenters. The monoisotopic (exact) mass is 232 g/mol. The van der Waals surface area contributed by atoms with Gasteiger partial charge in [0.25, 0.3) is 0 Å². The zero-order valence-electron chi connectivity index (χ0n) is 10.8. The molecule has 92 valence electrons. The Labute approximate surface area is 103 Å². The zero-order chi connectivity index (χ0) is 12.8. The lowest BCUT2D eigenvalue weighted by molar-refractivity contribution is 0.282. The summed E-state index contributed by atoms with van der Waals surface area (Å²) in [4.78, 5) is 2.14. The van der Waals surface area contributed by atoms with E-state index >= 15 is 0 Å². The molecule has 0 spiro atoms. The van der Waals surface area contributed by atoms with Gasteiger partial charge in [-0.05, 0) is 26.8 Å². The third-order valence-electron chi connectivity index (χ3n) is 2.84. The maximum atomic E-state index is 9.39. The average molecular weight is 232 g/mol. The minimum Gasteiger partial charge on any atom is -0.392 e. The number of aliphatic hydroxyl groups is 1. The predicted molar refractivity (Wildman–Crippen MR) is 69.8 cm³/mol. The quantitative estimate of drug-likeness (QED) is 0.848. The van der Waals surface area contributed by atoms with Crippen molar-refractivity contribution in [1.82, 2.24) is 0 Å². The molecule has 0 aliphatic carbocycles. The lowest BCUT2D eigenvalue weighted by Crippen LogP contribution is -2.28. The molecular formula is C14H20N2O. The van der Waals surface area contributed by atoms with Crippen molar-refractivity contribution in [1.29, 1.82) is 5.26 Å². The van der Waals surface area contributed by atoms with E-state index in [0.29, 0.717) is 6.54 Å². The minimum absolute atomic E-state index is 0.0113. The van der Waals surface area contributed by atoms with Crippen LogP contribution < -0.4 is 4.90 Å². The van der Waals surface area contributed by atoms with Gasteiger partial charge in [0.1, 0.15) is 0 Å². The molecule has 0 radical (unpaired) electrons. The van der Waals surface area contributed by atoms with Crippen LogP contribution in [0.3, 0.4) is 0 Å². The van der Waals surface area contributed by atoms with E-state index in [4.69, 9.17) is 5.26 Å². The Bertz CT molecular complexity index is 409. The number of aryl methyl sites for hydroxylation is 1. The third-order valence-corrected chi connectivity index (χ3v) is 2.84. The molecule has 17 heavy (non-hydrogen) atoms. The number of rotatable bonds is 5. The predicted octanol–water partition coefficient (Wildman–Crippen LogP) is 2.47. The number of nitriles is 1. The second kappa shape index (κ2) is 6.27. The van der Waals surface area contributed by atoms with Crippen LogP contribution in [-0.4, -0.2) is 18.2 Å². The molecule has 0 saturated carbocycles. The van der Waals surface area contributed by atoms with Gasteiger partial charge in [-0.15, -0.1) is 0 Å². The summed E-state index contributed by atoms with van der Waals surface area (Å²) >= 11 is 0. The summed E-state index contributed by atoms with van der Waals surface area (Å²) < 4.78 is 0.